The molecule has 1 aromatic rings. The van der Waals surface area contributed by atoms with E-state index in [1.54, 1.807) is 11.0 Å². The molecule has 0 aromatic heterocycles. The molecule has 17 heavy (non-hydrogen) atoms. The minimum absolute atomic E-state index is 0.0542. The summed E-state index contributed by atoms with van der Waals surface area (Å²) < 4.78 is 38.2. The number of halogens is 4. The molecule has 0 saturated carbocycles. The lowest BCUT2D eigenvalue weighted by atomic mass is 10.2. The SMILES string of the molecule is O=C1CCN(c2cc(Br)cc(C(F)(F)F)c2)C1. The zero-order chi connectivity index (χ0) is 12.6. The molecule has 0 aliphatic carbocycles. The van der Waals surface area contributed by atoms with Crippen molar-refractivity contribution in [3.63, 3.8) is 0 Å². The Kier molecular flexibility index (Phi) is 3.16. The van der Waals surface area contributed by atoms with Crippen molar-refractivity contribution in [3.8, 4) is 0 Å². The number of alkyl halides is 3. The van der Waals surface area contributed by atoms with Crippen LogP contribution < -0.4 is 4.90 Å². The van der Waals surface area contributed by atoms with E-state index in [0.717, 1.165) is 12.1 Å². The van der Waals surface area contributed by atoms with Crippen LogP contribution in [0.1, 0.15) is 12.0 Å². The summed E-state index contributed by atoms with van der Waals surface area (Å²) in [7, 11) is 0. The van der Waals surface area contributed by atoms with E-state index in [-0.39, 0.29) is 12.3 Å². The van der Waals surface area contributed by atoms with Gasteiger partial charge in [-0.2, -0.15) is 13.2 Å². The molecule has 1 saturated heterocycles. The van der Waals surface area contributed by atoms with Crippen molar-refractivity contribution in [3.05, 3.63) is 28.2 Å². The Bertz CT molecular complexity index is 459. The van der Waals surface area contributed by atoms with Gasteiger partial charge >= 0.3 is 6.18 Å². The van der Waals surface area contributed by atoms with E-state index in [4.69, 9.17) is 0 Å². The first-order valence-corrected chi connectivity index (χ1v) is 5.80. The molecule has 0 amide bonds. The Morgan fingerprint density at radius 2 is 1.94 bits per heavy atom. The Hall–Kier alpha value is -1.04. The van der Waals surface area contributed by atoms with Crippen LogP contribution in [0.2, 0.25) is 0 Å². The van der Waals surface area contributed by atoms with Gasteiger partial charge in [0, 0.05) is 23.1 Å². The second kappa shape index (κ2) is 4.33. The van der Waals surface area contributed by atoms with Crippen LogP contribution in [-0.4, -0.2) is 18.9 Å². The van der Waals surface area contributed by atoms with Gasteiger partial charge in [0.05, 0.1) is 12.1 Å². The summed E-state index contributed by atoms with van der Waals surface area (Å²) >= 11 is 3.06. The first-order valence-electron chi connectivity index (χ1n) is 5.01. The van der Waals surface area contributed by atoms with Crippen LogP contribution >= 0.6 is 15.9 Å². The Balaban J connectivity index is 2.35. The molecule has 6 heteroatoms. The molecule has 1 aliphatic heterocycles. The summed E-state index contributed by atoms with van der Waals surface area (Å²) in [6.45, 7) is 0.667. The van der Waals surface area contributed by atoms with E-state index in [1.165, 1.54) is 0 Å². The van der Waals surface area contributed by atoms with E-state index >= 15 is 0 Å². The minimum Gasteiger partial charge on any atom is -0.364 e. The molecule has 0 atom stereocenters. The molecule has 0 N–H and O–H groups in total. The molecular formula is C11H9BrF3NO. The highest BCUT2D eigenvalue weighted by molar-refractivity contribution is 9.10. The summed E-state index contributed by atoms with van der Waals surface area (Å²) in [4.78, 5) is 12.8. The molecule has 1 aromatic carbocycles. The monoisotopic (exact) mass is 307 g/mol. The number of hydrogen-bond acceptors (Lipinski definition) is 2. The predicted octanol–water partition coefficient (Wildman–Crippen LogP) is 3.25. The molecule has 2 rings (SSSR count). The fraction of sp³-hybridized carbons (Fsp3) is 0.364. The van der Waals surface area contributed by atoms with Crippen molar-refractivity contribution in [2.75, 3.05) is 18.0 Å². The molecule has 2 nitrogen and oxygen atoms in total. The molecule has 0 bridgehead atoms. The largest absolute Gasteiger partial charge is 0.416 e. The maximum absolute atomic E-state index is 12.6. The van der Waals surface area contributed by atoms with Crippen LogP contribution in [0.25, 0.3) is 0 Å². The summed E-state index contributed by atoms with van der Waals surface area (Å²) in [6.07, 6.45) is -3.98. The molecule has 1 fully saturated rings. The third-order valence-electron chi connectivity index (χ3n) is 2.60. The molecule has 1 aliphatic rings. The van der Waals surface area contributed by atoms with Gasteiger partial charge in [-0.05, 0) is 18.2 Å². The highest BCUT2D eigenvalue weighted by Gasteiger charge is 2.32. The summed E-state index contributed by atoms with van der Waals surface area (Å²) in [6, 6.07) is 3.69. The van der Waals surface area contributed by atoms with E-state index in [2.05, 4.69) is 15.9 Å². The van der Waals surface area contributed by atoms with Gasteiger partial charge in [0.1, 0.15) is 0 Å². The highest BCUT2D eigenvalue weighted by atomic mass is 79.9. The number of rotatable bonds is 1. The standard InChI is InChI=1S/C11H9BrF3NO/c12-8-3-7(11(13,14)15)4-9(5-8)16-2-1-10(17)6-16/h3-5H,1-2,6H2. The van der Waals surface area contributed by atoms with Gasteiger partial charge in [-0.3, -0.25) is 4.79 Å². The van der Waals surface area contributed by atoms with Crippen molar-refractivity contribution in [1.29, 1.82) is 0 Å². The van der Waals surface area contributed by atoms with Gasteiger partial charge in [-0.25, -0.2) is 0 Å². The predicted molar refractivity (Wildman–Crippen MR) is 61.0 cm³/mol. The second-order valence-electron chi connectivity index (χ2n) is 3.91. The number of ketones is 1. The van der Waals surface area contributed by atoms with E-state index in [0.29, 0.717) is 23.1 Å². The third-order valence-corrected chi connectivity index (χ3v) is 3.06. The maximum atomic E-state index is 12.6. The summed E-state index contributed by atoms with van der Waals surface area (Å²) in [5, 5.41) is 0. The molecule has 92 valence electrons. The number of hydrogen-bond donors (Lipinski definition) is 0. The Labute approximate surface area is 105 Å². The molecule has 0 unspecified atom stereocenters. The van der Waals surface area contributed by atoms with Crippen LogP contribution in [0.4, 0.5) is 18.9 Å². The van der Waals surface area contributed by atoms with Gasteiger partial charge in [0.15, 0.2) is 5.78 Å². The number of carbonyl (C=O) groups is 1. The Morgan fingerprint density at radius 1 is 1.24 bits per heavy atom. The second-order valence-corrected chi connectivity index (χ2v) is 4.82. The topological polar surface area (TPSA) is 20.3 Å². The van der Waals surface area contributed by atoms with Gasteiger partial charge in [-0.15, -0.1) is 0 Å². The van der Waals surface area contributed by atoms with Gasteiger partial charge in [0.2, 0.25) is 0 Å². The smallest absolute Gasteiger partial charge is 0.364 e. The average Bonchev–Trinajstić information content (AvgIpc) is 2.62. The van der Waals surface area contributed by atoms with Crippen LogP contribution in [0, 0.1) is 0 Å². The average molecular weight is 308 g/mol. The number of carbonyl (C=O) groups excluding carboxylic acids is 1. The third kappa shape index (κ3) is 2.80. The first kappa shape index (κ1) is 12.4. The normalized spacial score (nSPS) is 16.7. The lowest BCUT2D eigenvalue weighted by Gasteiger charge is -2.18. The maximum Gasteiger partial charge on any atom is 0.416 e. The Morgan fingerprint density at radius 3 is 2.47 bits per heavy atom. The van der Waals surface area contributed by atoms with Crippen molar-refractivity contribution in [1.82, 2.24) is 0 Å². The lowest BCUT2D eigenvalue weighted by Crippen LogP contribution is -2.20. The van der Waals surface area contributed by atoms with E-state index < -0.39 is 11.7 Å². The van der Waals surface area contributed by atoms with Gasteiger partial charge in [-0.1, -0.05) is 15.9 Å². The van der Waals surface area contributed by atoms with Crippen molar-refractivity contribution in [2.24, 2.45) is 0 Å². The summed E-state index contributed by atoms with van der Waals surface area (Å²) in [5.41, 5.74) is -0.279. The number of benzene rings is 1. The van der Waals surface area contributed by atoms with Crippen LogP contribution in [-0.2, 0) is 11.0 Å². The first-order chi connectivity index (χ1) is 7.86. The highest BCUT2D eigenvalue weighted by Crippen LogP contribution is 2.34. The van der Waals surface area contributed by atoms with Gasteiger partial charge in [0.25, 0.3) is 0 Å². The molecule has 1 heterocycles. The quantitative estimate of drug-likeness (QED) is 0.794. The number of nitrogens with zero attached hydrogens (tertiary/aromatic N) is 1. The van der Waals surface area contributed by atoms with E-state index in [9.17, 15) is 18.0 Å². The molecule has 0 radical (unpaired) electrons. The van der Waals surface area contributed by atoms with Crippen molar-refractivity contribution >= 4 is 27.4 Å². The van der Waals surface area contributed by atoms with Crippen molar-refractivity contribution < 1.29 is 18.0 Å². The molecule has 0 spiro atoms. The lowest BCUT2D eigenvalue weighted by molar-refractivity contribution is -0.137. The van der Waals surface area contributed by atoms with Crippen LogP contribution in [0.5, 0.6) is 0 Å². The molecular weight excluding hydrogens is 299 g/mol. The minimum atomic E-state index is -4.37. The summed E-state index contributed by atoms with van der Waals surface area (Å²) in [5.74, 6) is 0.0542. The number of Topliss-reactive ketones (excluding diaryl/α,β-unsaturated/α-hetero) is 1. The fourth-order valence-electron chi connectivity index (χ4n) is 1.77. The zero-order valence-electron chi connectivity index (χ0n) is 8.72. The fourth-order valence-corrected chi connectivity index (χ4v) is 2.25. The van der Waals surface area contributed by atoms with E-state index in [1.807, 2.05) is 0 Å². The van der Waals surface area contributed by atoms with Crippen LogP contribution in [0.3, 0.4) is 0 Å². The number of anilines is 1. The van der Waals surface area contributed by atoms with Crippen molar-refractivity contribution in [2.45, 2.75) is 12.6 Å². The van der Waals surface area contributed by atoms with Crippen LogP contribution in [0.15, 0.2) is 22.7 Å². The van der Waals surface area contributed by atoms with Gasteiger partial charge < -0.3 is 4.90 Å². The zero-order valence-corrected chi connectivity index (χ0v) is 10.3.